The lowest BCUT2D eigenvalue weighted by molar-refractivity contribution is -0.00574. The van der Waals surface area contributed by atoms with Crippen molar-refractivity contribution in [1.29, 1.82) is 0 Å². The van der Waals surface area contributed by atoms with E-state index in [9.17, 15) is 4.79 Å². The van der Waals surface area contributed by atoms with Crippen LogP contribution in [0.1, 0.15) is 40.5 Å². The normalized spacial score (nSPS) is 17.4. The summed E-state index contributed by atoms with van der Waals surface area (Å²) < 4.78 is 17.2. The first-order valence-corrected chi connectivity index (χ1v) is 9.05. The third-order valence-electron chi connectivity index (χ3n) is 4.08. The number of hydrogen-bond donors (Lipinski definition) is 0. The lowest BCUT2D eigenvalue weighted by Crippen LogP contribution is -2.42. The van der Waals surface area contributed by atoms with Crippen LogP contribution in [0.5, 0.6) is 11.6 Å². The predicted octanol–water partition coefficient (Wildman–Crippen LogP) is 4.37. The minimum absolute atomic E-state index is 0.348. The smallest absolute Gasteiger partial charge is 0.413 e. The van der Waals surface area contributed by atoms with Gasteiger partial charge in [-0.1, -0.05) is 0 Å². The fourth-order valence-corrected chi connectivity index (χ4v) is 3.00. The van der Waals surface area contributed by atoms with Crippen LogP contribution in [0.2, 0.25) is 0 Å². The van der Waals surface area contributed by atoms with Crippen molar-refractivity contribution in [3.8, 4) is 11.6 Å². The molecule has 6 heteroatoms. The molecule has 0 unspecified atom stereocenters. The maximum atomic E-state index is 12.4. The van der Waals surface area contributed by atoms with E-state index < -0.39 is 5.60 Å². The van der Waals surface area contributed by atoms with E-state index in [0.717, 1.165) is 29.4 Å². The Labute approximate surface area is 154 Å². The molecule has 2 aromatic rings. The van der Waals surface area contributed by atoms with Crippen molar-refractivity contribution in [2.75, 3.05) is 13.2 Å². The zero-order valence-electron chi connectivity index (χ0n) is 15.8. The Morgan fingerprint density at radius 1 is 1.31 bits per heavy atom. The zero-order chi connectivity index (χ0) is 18.7. The molecule has 6 nitrogen and oxygen atoms in total. The van der Waals surface area contributed by atoms with Crippen LogP contribution in [0.25, 0.3) is 10.8 Å². The molecule has 1 aromatic carbocycles. The third-order valence-corrected chi connectivity index (χ3v) is 4.08. The first-order chi connectivity index (χ1) is 12.4. The number of hydrogen-bond acceptors (Lipinski definition) is 5. The van der Waals surface area contributed by atoms with Gasteiger partial charge in [0.2, 0.25) is 5.88 Å². The van der Waals surface area contributed by atoms with Gasteiger partial charge in [0.15, 0.2) is 6.23 Å². The van der Waals surface area contributed by atoms with Crippen molar-refractivity contribution in [2.45, 2.75) is 52.4 Å². The number of benzene rings is 1. The van der Waals surface area contributed by atoms with Crippen LogP contribution >= 0.6 is 0 Å². The summed E-state index contributed by atoms with van der Waals surface area (Å²) in [7, 11) is 0. The largest absolute Gasteiger partial charge is 0.494 e. The third kappa shape index (κ3) is 4.18. The summed E-state index contributed by atoms with van der Waals surface area (Å²) in [5.74, 6) is 1.33. The SMILES string of the molecule is CCOc1ccc2c(O[C@@H]3CCCN3C(=O)OC(C)(C)C)nccc2c1. The predicted molar refractivity (Wildman–Crippen MR) is 99.5 cm³/mol. The quantitative estimate of drug-likeness (QED) is 0.812. The van der Waals surface area contributed by atoms with Gasteiger partial charge in [0.1, 0.15) is 11.4 Å². The second kappa shape index (κ2) is 7.40. The maximum Gasteiger partial charge on any atom is 0.413 e. The van der Waals surface area contributed by atoms with Crippen LogP contribution in [0.15, 0.2) is 30.5 Å². The number of nitrogens with zero attached hydrogens (tertiary/aromatic N) is 2. The molecule has 1 atom stereocenters. The molecule has 26 heavy (non-hydrogen) atoms. The van der Waals surface area contributed by atoms with E-state index in [0.29, 0.717) is 19.0 Å². The number of fused-ring (bicyclic) bond motifs is 1. The van der Waals surface area contributed by atoms with Crippen LogP contribution in [0, 0.1) is 0 Å². The van der Waals surface area contributed by atoms with E-state index in [-0.39, 0.29) is 12.3 Å². The Balaban J connectivity index is 1.80. The lowest BCUT2D eigenvalue weighted by atomic mass is 10.1. The minimum Gasteiger partial charge on any atom is -0.494 e. The molecular weight excluding hydrogens is 332 g/mol. The van der Waals surface area contributed by atoms with Crippen molar-refractivity contribution in [1.82, 2.24) is 9.88 Å². The van der Waals surface area contributed by atoms with E-state index in [2.05, 4.69) is 4.98 Å². The highest BCUT2D eigenvalue weighted by molar-refractivity contribution is 5.87. The molecule has 1 aliphatic heterocycles. The highest BCUT2D eigenvalue weighted by atomic mass is 16.6. The van der Waals surface area contributed by atoms with Crippen LogP contribution < -0.4 is 9.47 Å². The summed E-state index contributed by atoms with van der Waals surface area (Å²) in [6.07, 6.45) is 2.63. The lowest BCUT2D eigenvalue weighted by Gasteiger charge is -2.28. The van der Waals surface area contributed by atoms with Crippen molar-refractivity contribution < 1.29 is 19.0 Å². The summed E-state index contributed by atoms with van der Waals surface area (Å²) in [6.45, 7) is 8.78. The van der Waals surface area contributed by atoms with Gasteiger partial charge < -0.3 is 14.2 Å². The molecule has 0 N–H and O–H groups in total. The van der Waals surface area contributed by atoms with Gasteiger partial charge in [0.05, 0.1) is 6.61 Å². The Morgan fingerprint density at radius 3 is 2.85 bits per heavy atom. The maximum absolute atomic E-state index is 12.4. The number of carbonyl (C=O) groups excluding carboxylic acids is 1. The molecule has 1 saturated heterocycles. The number of aromatic nitrogens is 1. The second-order valence-electron chi connectivity index (χ2n) is 7.32. The Morgan fingerprint density at radius 2 is 2.12 bits per heavy atom. The molecule has 0 radical (unpaired) electrons. The van der Waals surface area contributed by atoms with E-state index in [1.165, 1.54) is 0 Å². The molecule has 2 heterocycles. The molecule has 140 valence electrons. The highest BCUT2D eigenvalue weighted by Crippen LogP contribution is 2.30. The summed E-state index contributed by atoms with van der Waals surface area (Å²) in [5, 5.41) is 1.88. The molecule has 0 spiro atoms. The van der Waals surface area contributed by atoms with E-state index >= 15 is 0 Å². The van der Waals surface area contributed by atoms with Crippen molar-refractivity contribution in [3.05, 3.63) is 30.5 Å². The molecule has 0 bridgehead atoms. The van der Waals surface area contributed by atoms with Crippen molar-refractivity contribution >= 4 is 16.9 Å². The Kier molecular flexibility index (Phi) is 5.20. The van der Waals surface area contributed by atoms with Crippen molar-refractivity contribution in [3.63, 3.8) is 0 Å². The number of likely N-dealkylation sites (tertiary alicyclic amines) is 1. The molecular formula is C20H26N2O4. The number of ether oxygens (including phenoxy) is 3. The van der Waals surface area contributed by atoms with Gasteiger partial charge in [0, 0.05) is 24.5 Å². The molecule has 1 aliphatic rings. The second-order valence-corrected chi connectivity index (χ2v) is 7.32. The zero-order valence-corrected chi connectivity index (χ0v) is 15.8. The van der Waals surface area contributed by atoms with E-state index in [1.54, 1.807) is 11.1 Å². The monoisotopic (exact) mass is 358 g/mol. The molecule has 3 rings (SSSR count). The van der Waals surface area contributed by atoms with Crippen LogP contribution in [-0.4, -0.2) is 41.0 Å². The van der Waals surface area contributed by atoms with Crippen LogP contribution in [0.3, 0.4) is 0 Å². The number of amides is 1. The molecule has 1 aromatic heterocycles. The Hall–Kier alpha value is -2.50. The number of carbonyl (C=O) groups is 1. The molecule has 0 saturated carbocycles. The van der Waals surface area contributed by atoms with Gasteiger partial charge in [-0.15, -0.1) is 0 Å². The average Bonchev–Trinajstić information content (AvgIpc) is 3.02. The standard InChI is InChI=1S/C20H26N2O4/c1-5-24-15-8-9-16-14(13-15)10-11-21-18(16)25-17-7-6-12-22(17)19(23)26-20(2,3)4/h8-11,13,17H,5-7,12H2,1-4H3/t17-/m1/s1. The fourth-order valence-electron chi connectivity index (χ4n) is 3.00. The summed E-state index contributed by atoms with van der Waals surface area (Å²) in [5.41, 5.74) is -0.530. The van der Waals surface area contributed by atoms with Crippen molar-refractivity contribution in [2.24, 2.45) is 0 Å². The summed E-state index contributed by atoms with van der Waals surface area (Å²) >= 11 is 0. The summed E-state index contributed by atoms with van der Waals surface area (Å²) in [6, 6.07) is 7.73. The first-order valence-electron chi connectivity index (χ1n) is 9.05. The van der Waals surface area contributed by atoms with Gasteiger partial charge in [-0.25, -0.2) is 9.78 Å². The van der Waals surface area contributed by atoms with E-state index in [4.69, 9.17) is 14.2 Å². The van der Waals surface area contributed by atoms with Gasteiger partial charge in [-0.2, -0.15) is 0 Å². The molecule has 0 aliphatic carbocycles. The van der Waals surface area contributed by atoms with Gasteiger partial charge in [0.25, 0.3) is 0 Å². The average molecular weight is 358 g/mol. The van der Waals surface area contributed by atoms with Crippen LogP contribution in [-0.2, 0) is 4.74 Å². The van der Waals surface area contributed by atoms with Gasteiger partial charge in [-0.05, 0) is 63.8 Å². The molecule has 1 amide bonds. The first kappa shape index (κ1) is 18.3. The van der Waals surface area contributed by atoms with Crippen LogP contribution in [0.4, 0.5) is 4.79 Å². The topological polar surface area (TPSA) is 60.9 Å². The van der Waals surface area contributed by atoms with Gasteiger partial charge >= 0.3 is 6.09 Å². The highest BCUT2D eigenvalue weighted by Gasteiger charge is 2.34. The van der Waals surface area contributed by atoms with Gasteiger partial charge in [-0.3, -0.25) is 4.90 Å². The molecule has 1 fully saturated rings. The van der Waals surface area contributed by atoms with E-state index in [1.807, 2.05) is 52.0 Å². The minimum atomic E-state index is -0.530. The Bertz CT molecular complexity index is 785. The number of pyridine rings is 1. The summed E-state index contributed by atoms with van der Waals surface area (Å²) in [4.78, 5) is 18.4. The number of rotatable bonds is 4. The fraction of sp³-hybridized carbons (Fsp3) is 0.500.